The number of hydrogen-bond donors (Lipinski definition) is 1. The third kappa shape index (κ3) is 4.24. The van der Waals surface area contributed by atoms with Crippen molar-refractivity contribution in [1.29, 1.82) is 0 Å². The molecule has 1 amide bonds. The summed E-state index contributed by atoms with van der Waals surface area (Å²) < 4.78 is 50.4. The average molecular weight is 468 g/mol. The molecule has 0 aliphatic heterocycles. The van der Waals surface area contributed by atoms with E-state index < -0.39 is 25.8 Å². The summed E-state index contributed by atoms with van der Waals surface area (Å²) in [5.74, 6) is -0.504. The van der Waals surface area contributed by atoms with Crippen LogP contribution >= 0.6 is 11.3 Å². The van der Waals surface area contributed by atoms with E-state index in [1.54, 1.807) is 26.0 Å². The normalized spacial score (nSPS) is 12.5. The number of aromatic nitrogens is 1. The lowest BCUT2D eigenvalue weighted by Gasteiger charge is -2.16. The van der Waals surface area contributed by atoms with Crippen molar-refractivity contribution in [3.8, 4) is 0 Å². The number of carbonyl (C=O) groups is 1. The highest BCUT2D eigenvalue weighted by Gasteiger charge is 2.23. The highest BCUT2D eigenvalue weighted by molar-refractivity contribution is 7.90. The Labute approximate surface area is 179 Å². The molecule has 0 aliphatic rings. The lowest BCUT2D eigenvalue weighted by molar-refractivity contribution is 0.102. The van der Waals surface area contributed by atoms with Crippen LogP contribution in [0.15, 0.2) is 40.1 Å². The van der Waals surface area contributed by atoms with Crippen molar-refractivity contribution in [2.45, 2.75) is 23.6 Å². The molecule has 0 unspecified atom stereocenters. The Bertz CT molecular complexity index is 1370. The molecule has 30 heavy (non-hydrogen) atoms. The molecule has 1 heterocycles. The van der Waals surface area contributed by atoms with E-state index in [0.29, 0.717) is 21.3 Å². The lowest BCUT2D eigenvalue weighted by atomic mass is 10.1. The minimum atomic E-state index is -3.71. The van der Waals surface area contributed by atoms with Crippen LogP contribution in [0.2, 0.25) is 0 Å². The topological polar surface area (TPSA) is 114 Å². The molecule has 0 atom stereocenters. The van der Waals surface area contributed by atoms with E-state index in [2.05, 4.69) is 10.3 Å². The van der Waals surface area contributed by atoms with Crippen molar-refractivity contribution in [3.05, 3.63) is 47.0 Å². The van der Waals surface area contributed by atoms with Gasteiger partial charge in [-0.2, -0.15) is 0 Å². The molecule has 0 aliphatic carbocycles. The fraction of sp³-hybridized carbons (Fsp3) is 0.263. The summed E-state index contributed by atoms with van der Waals surface area (Å²) >= 11 is 1.14. The van der Waals surface area contributed by atoms with E-state index in [-0.39, 0.29) is 20.5 Å². The quantitative estimate of drug-likeness (QED) is 0.617. The Morgan fingerprint density at radius 3 is 2.33 bits per heavy atom. The third-order valence-corrected chi connectivity index (χ3v) is 8.63. The molecule has 0 radical (unpaired) electrons. The first-order valence-corrected chi connectivity index (χ1v) is 12.9. The largest absolute Gasteiger partial charge is 0.298 e. The third-order valence-electron chi connectivity index (χ3n) is 4.65. The Morgan fingerprint density at radius 1 is 1.07 bits per heavy atom. The SMILES string of the molecule is Cc1cc(C(=O)Nc2nc3ccc(S(C)(=O)=O)cc3s2)cc(S(=O)(=O)N(C)C)c1C. The van der Waals surface area contributed by atoms with Crippen molar-refractivity contribution in [2.75, 3.05) is 25.7 Å². The van der Waals surface area contributed by atoms with Gasteiger partial charge in [-0.1, -0.05) is 11.3 Å². The molecule has 8 nitrogen and oxygen atoms in total. The second-order valence-electron chi connectivity index (χ2n) is 7.08. The number of benzene rings is 2. The van der Waals surface area contributed by atoms with Crippen LogP contribution < -0.4 is 5.32 Å². The summed E-state index contributed by atoms with van der Waals surface area (Å²) in [4.78, 5) is 17.3. The average Bonchev–Trinajstić information content (AvgIpc) is 3.03. The molecule has 2 aromatic carbocycles. The standard InChI is InChI=1S/C19H21N3O5S3/c1-11-8-13(9-17(12(11)2)30(26,27)22(3)4)18(23)21-19-20-15-7-6-14(29(5,24)25)10-16(15)28-19/h6-10H,1-5H3,(H,20,21,23). The van der Waals surface area contributed by atoms with E-state index in [1.807, 2.05) is 0 Å². The minimum Gasteiger partial charge on any atom is -0.298 e. The van der Waals surface area contributed by atoms with Crippen molar-refractivity contribution < 1.29 is 21.6 Å². The number of aryl methyl sites for hydroxylation is 1. The smallest absolute Gasteiger partial charge is 0.257 e. The number of carbonyl (C=O) groups excluding carboxylic acids is 1. The zero-order valence-electron chi connectivity index (χ0n) is 17.0. The molecular weight excluding hydrogens is 446 g/mol. The van der Waals surface area contributed by atoms with Gasteiger partial charge in [0.1, 0.15) is 0 Å². The summed E-state index contributed by atoms with van der Waals surface area (Å²) in [5.41, 5.74) is 1.99. The van der Waals surface area contributed by atoms with Gasteiger partial charge in [-0.25, -0.2) is 26.1 Å². The molecule has 1 N–H and O–H groups in total. The van der Waals surface area contributed by atoms with E-state index in [9.17, 15) is 21.6 Å². The van der Waals surface area contributed by atoms with Crippen LogP contribution in [0.4, 0.5) is 5.13 Å². The molecule has 3 aromatic rings. The van der Waals surface area contributed by atoms with Gasteiger partial charge in [-0.15, -0.1) is 0 Å². The predicted octanol–water partition coefficient (Wildman–Crippen LogP) is 2.82. The molecular formula is C19H21N3O5S3. The number of amides is 1. The van der Waals surface area contributed by atoms with Gasteiger partial charge >= 0.3 is 0 Å². The fourth-order valence-electron chi connectivity index (χ4n) is 2.78. The van der Waals surface area contributed by atoms with Gasteiger partial charge in [0.05, 0.1) is 20.0 Å². The first-order chi connectivity index (χ1) is 13.8. The highest BCUT2D eigenvalue weighted by Crippen LogP contribution is 2.29. The Morgan fingerprint density at radius 2 is 1.73 bits per heavy atom. The van der Waals surface area contributed by atoms with Crippen LogP contribution in [-0.4, -0.2) is 52.4 Å². The summed E-state index contributed by atoms with van der Waals surface area (Å²) in [7, 11) is -4.20. The second kappa shape index (κ2) is 7.73. The maximum absolute atomic E-state index is 12.8. The number of fused-ring (bicyclic) bond motifs is 1. The van der Waals surface area contributed by atoms with Gasteiger partial charge in [0, 0.05) is 25.9 Å². The molecule has 160 valence electrons. The summed E-state index contributed by atoms with van der Waals surface area (Å²) in [6.45, 7) is 3.44. The van der Waals surface area contributed by atoms with E-state index >= 15 is 0 Å². The minimum absolute atomic E-state index is 0.0692. The number of hydrogen-bond acceptors (Lipinski definition) is 7. The van der Waals surface area contributed by atoms with Gasteiger partial charge in [0.2, 0.25) is 10.0 Å². The maximum atomic E-state index is 12.8. The molecule has 0 saturated carbocycles. The van der Waals surface area contributed by atoms with Gasteiger partial charge in [0.15, 0.2) is 15.0 Å². The van der Waals surface area contributed by atoms with Crippen molar-refractivity contribution in [3.63, 3.8) is 0 Å². The number of rotatable bonds is 5. The lowest BCUT2D eigenvalue weighted by Crippen LogP contribution is -2.24. The van der Waals surface area contributed by atoms with Gasteiger partial charge in [-0.05, 0) is 55.3 Å². The van der Waals surface area contributed by atoms with Crippen LogP contribution in [-0.2, 0) is 19.9 Å². The first kappa shape index (κ1) is 22.3. The van der Waals surface area contributed by atoms with Crippen LogP contribution in [0.25, 0.3) is 10.2 Å². The number of thiazole rings is 1. The fourth-order valence-corrected chi connectivity index (χ4v) is 5.62. The van der Waals surface area contributed by atoms with E-state index in [1.165, 1.54) is 32.3 Å². The van der Waals surface area contributed by atoms with Crippen molar-refractivity contribution >= 4 is 52.5 Å². The monoisotopic (exact) mass is 467 g/mol. The van der Waals surface area contributed by atoms with Crippen LogP contribution in [0.3, 0.4) is 0 Å². The summed E-state index contributed by atoms with van der Waals surface area (Å²) in [5, 5.41) is 2.96. The number of sulfone groups is 1. The van der Waals surface area contributed by atoms with Gasteiger partial charge < -0.3 is 0 Å². The van der Waals surface area contributed by atoms with Crippen molar-refractivity contribution in [1.82, 2.24) is 9.29 Å². The molecule has 0 fully saturated rings. The highest BCUT2D eigenvalue weighted by atomic mass is 32.2. The molecule has 11 heteroatoms. The Balaban J connectivity index is 1.97. The number of nitrogens with zero attached hydrogens (tertiary/aromatic N) is 2. The van der Waals surface area contributed by atoms with Crippen LogP contribution in [0, 0.1) is 13.8 Å². The van der Waals surface area contributed by atoms with E-state index in [0.717, 1.165) is 21.9 Å². The van der Waals surface area contributed by atoms with E-state index in [4.69, 9.17) is 0 Å². The maximum Gasteiger partial charge on any atom is 0.257 e. The summed E-state index contributed by atoms with van der Waals surface area (Å²) in [6, 6.07) is 7.52. The van der Waals surface area contributed by atoms with Crippen molar-refractivity contribution in [2.24, 2.45) is 0 Å². The van der Waals surface area contributed by atoms with Crippen LogP contribution in [0.1, 0.15) is 21.5 Å². The molecule has 0 saturated heterocycles. The van der Waals surface area contributed by atoms with Gasteiger partial charge in [-0.3, -0.25) is 10.1 Å². The number of anilines is 1. The number of sulfonamides is 1. The zero-order valence-corrected chi connectivity index (χ0v) is 19.5. The Hall–Kier alpha value is -2.34. The molecule has 1 aromatic heterocycles. The predicted molar refractivity (Wildman–Crippen MR) is 117 cm³/mol. The zero-order chi connectivity index (χ0) is 22.4. The molecule has 0 spiro atoms. The number of nitrogens with one attached hydrogen (secondary N) is 1. The molecule has 3 rings (SSSR count). The first-order valence-electron chi connectivity index (χ1n) is 8.76. The molecule has 0 bridgehead atoms. The van der Waals surface area contributed by atoms with Gasteiger partial charge in [0.25, 0.3) is 5.91 Å². The Kier molecular flexibility index (Phi) is 5.76. The van der Waals surface area contributed by atoms with Crippen LogP contribution in [0.5, 0.6) is 0 Å². The summed E-state index contributed by atoms with van der Waals surface area (Å²) in [6.07, 6.45) is 1.12. The second-order valence-corrected chi connectivity index (χ2v) is 12.2.